The summed E-state index contributed by atoms with van der Waals surface area (Å²) in [5, 5.41) is 3.08. The largest absolute Gasteiger partial charge is 0.326 e. The third-order valence-electron chi connectivity index (χ3n) is 1.19. The smallest absolute Gasteiger partial charge is 0.0388 e. The lowest BCUT2D eigenvalue weighted by Gasteiger charge is -2.16. The monoisotopic (exact) mass is 99.1 g/mol. The Morgan fingerprint density at radius 2 is 2.57 bits per heavy atom. The standard InChI is InChI=1S/C5H11N2/c6-5-2-1-3-7-4-5/h4-5,7H,1-3,6H2. The van der Waals surface area contributed by atoms with Crippen LogP contribution in [0.4, 0.5) is 0 Å². The van der Waals surface area contributed by atoms with Gasteiger partial charge in [-0.15, -0.1) is 0 Å². The molecule has 0 aliphatic carbocycles. The molecule has 0 aromatic rings. The fraction of sp³-hybridized carbons (Fsp3) is 0.800. The quantitative estimate of drug-likeness (QED) is 0.443. The Balaban J connectivity index is 2.12. The van der Waals surface area contributed by atoms with E-state index in [1.54, 1.807) is 0 Å². The van der Waals surface area contributed by atoms with Crippen molar-refractivity contribution in [2.75, 3.05) is 6.54 Å². The van der Waals surface area contributed by atoms with Crippen molar-refractivity contribution < 1.29 is 0 Å². The molecule has 3 N–H and O–H groups in total. The Morgan fingerprint density at radius 3 is 2.86 bits per heavy atom. The highest BCUT2D eigenvalue weighted by atomic mass is 14.9. The Labute approximate surface area is 44.1 Å². The minimum Gasteiger partial charge on any atom is -0.326 e. The Morgan fingerprint density at radius 1 is 1.71 bits per heavy atom. The van der Waals surface area contributed by atoms with Crippen LogP contribution in [0.25, 0.3) is 0 Å². The van der Waals surface area contributed by atoms with Crippen molar-refractivity contribution in [3.8, 4) is 0 Å². The van der Waals surface area contributed by atoms with Crippen LogP contribution in [0.15, 0.2) is 0 Å². The zero-order chi connectivity index (χ0) is 5.11. The van der Waals surface area contributed by atoms with Crippen molar-refractivity contribution in [1.29, 1.82) is 0 Å². The molecule has 2 nitrogen and oxygen atoms in total. The molecule has 0 aromatic carbocycles. The summed E-state index contributed by atoms with van der Waals surface area (Å²) in [6.07, 6.45) is 2.37. The maximum Gasteiger partial charge on any atom is 0.0388 e. The van der Waals surface area contributed by atoms with Gasteiger partial charge in [-0.2, -0.15) is 0 Å². The van der Waals surface area contributed by atoms with E-state index in [4.69, 9.17) is 5.73 Å². The molecule has 1 saturated heterocycles. The third-order valence-corrected chi connectivity index (χ3v) is 1.19. The molecule has 41 valence electrons. The summed E-state index contributed by atoms with van der Waals surface area (Å²) in [5.74, 6) is 0. The van der Waals surface area contributed by atoms with Crippen molar-refractivity contribution in [2.45, 2.75) is 18.9 Å². The van der Waals surface area contributed by atoms with Gasteiger partial charge >= 0.3 is 0 Å². The van der Waals surface area contributed by atoms with Crippen molar-refractivity contribution in [3.63, 3.8) is 0 Å². The summed E-state index contributed by atoms with van der Waals surface area (Å²) in [4.78, 5) is 0. The Bertz CT molecular complexity index is 48.0. The molecule has 0 aromatic heterocycles. The van der Waals surface area contributed by atoms with E-state index in [0.717, 1.165) is 13.0 Å². The van der Waals surface area contributed by atoms with Gasteiger partial charge in [0.15, 0.2) is 0 Å². The maximum atomic E-state index is 5.52. The predicted octanol–water partition coefficient (Wildman–Crippen LogP) is -0.141. The maximum absolute atomic E-state index is 5.52. The number of rotatable bonds is 0. The molecule has 1 rings (SSSR count). The molecule has 1 atom stereocenters. The van der Waals surface area contributed by atoms with Gasteiger partial charge in [-0.05, 0) is 19.4 Å². The number of nitrogens with two attached hydrogens (primary N) is 1. The van der Waals surface area contributed by atoms with Crippen LogP contribution in [0.3, 0.4) is 0 Å². The molecule has 1 fully saturated rings. The van der Waals surface area contributed by atoms with Crippen LogP contribution in [0.2, 0.25) is 0 Å². The average Bonchev–Trinajstić information content (AvgIpc) is 1.69. The van der Waals surface area contributed by atoms with Gasteiger partial charge in [-0.3, -0.25) is 0 Å². The predicted molar refractivity (Wildman–Crippen MR) is 29.5 cm³/mol. The molecule has 0 saturated carbocycles. The highest BCUT2D eigenvalue weighted by Crippen LogP contribution is 1.99. The van der Waals surface area contributed by atoms with Crippen molar-refractivity contribution >= 4 is 0 Å². The van der Waals surface area contributed by atoms with E-state index in [9.17, 15) is 0 Å². The fourth-order valence-corrected chi connectivity index (χ4v) is 0.758. The van der Waals surface area contributed by atoms with Crippen LogP contribution in [0.5, 0.6) is 0 Å². The van der Waals surface area contributed by atoms with E-state index in [2.05, 4.69) is 5.32 Å². The molecule has 2 heteroatoms. The average molecular weight is 99.2 g/mol. The minimum absolute atomic E-state index is 0.300. The van der Waals surface area contributed by atoms with E-state index in [-0.39, 0.29) is 0 Å². The lowest BCUT2D eigenvalue weighted by Crippen LogP contribution is -2.34. The number of hydrogen-bond acceptors (Lipinski definition) is 2. The Kier molecular flexibility index (Phi) is 1.65. The molecule has 7 heavy (non-hydrogen) atoms. The lowest BCUT2D eigenvalue weighted by atomic mass is 10.1. The van der Waals surface area contributed by atoms with E-state index < -0.39 is 0 Å². The first kappa shape index (κ1) is 5.06. The second-order valence-corrected chi connectivity index (χ2v) is 1.93. The molecule has 1 radical (unpaired) electrons. The van der Waals surface area contributed by atoms with E-state index >= 15 is 0 Å². The van der Waals surface area contributed by atoms with Crippen molar-refractivity contribution in [2.24, 2.45) is 5.73 Å². The van der Waals surface area contributed by atoms with Crippen LogP contribution in [-0.4, -0.2) is 12.6 Å². The van der Waals surface area contributed by atoms with Crippen LogP contribution in [0, 0.1) is 6.54 Å². The van der Waals surface area contributed by atoms with Crippen LogP contribution in [-0.2, 0) is 0 Å². The third kappa shape index (κ3) is 1.45. The topological polar surface area (TPSA) is 38.0 Å². The summed E-state index contributed by atoms with van der Waals surface area (Å²) in [6.45, 7) is 3.07. The summed E-state index contributed by atoms with van der Waals surface area (Å²) >= 11 is 0. The lowest BCUT2D eigenvalue weighted by molar-refractivity contribution is 0.518. The molecule has 0 bridgehead atoms. The first-order valence-electron chi connectivity index (χ1n) is 2.72. The molecule has 0 spiro atoms. The fourth-order valence-electron chi connectivity index (χ4n) is 0.758. The number of hydrogen-bond donors (Lipinski definition) is 2. The van der Waals surface area contributed by atoms with Gasteiger partial charge in [-0.1, -0.05) is 0 Å². The number of nitrogens with one attached hydrogen (secondary N) is 1. The van der Waals surface area contributed by atoms with E-state index in [1.165, 1.54) is 6.42 Å². The highest BCUT2D eigenvalue weighted by molar-refractivity contribution is 4.81. The zero-order valence-corrected chi connectivity index (χ0v) is 4.35. The Hall–Kier alpha value is -0.0800. The first-order valence-corrected chi connectivity index (χ1v) is 2.72. The second kappa shape index (κ2) is 2.28. The van der Waals surface area contributed by atoms with Crippen molar-refractivity contribution in [3.05, 3.63) is 6.54 Å². The second-order valence-electron chi connectivity index (χ2n) is 1.93. The van der Waals surface area contributed by atoms with E-state index in [0.29, 0.717) is 6.04 Å². The van der Waals surface area contributed by atoms with Gasteiger partial charge in [0, 0.05) is 12.6 Å². The van der Waals surface area contributed by atoms with Gasteiger partial charge in [0.05, 0.1) is 0 Å². The number of piperidine rings is 1. The molecule has 0 amide bonds. The summed E-state index contributed by atoms with van der Waals surface area (Å²) in [6, 6.07) is 0.300. The SMILES string of the molecule is NC1[CH]NCCC1. The van der Waals surface area contributed by atoms with Gasteiger partial charge in [0.25, 0.3) is 0 Å². The molecular weight excluding hydrogens is 88.1 g/mol. The highest BCUT2D eigenvalue weighted by Gasteiger charge is 2.05. The molecule has 1 unspecified atom stereocenters. The summed E-state index contributed by atoms with van der Waals surface area (Å²) < 4.78 is 0. The van der Waals surface area contributed by atoms with Crippen LogP contribution >= 0.6 is 0 Å². The van der Waals surface area contributed by atoms with Crippen LogP contribution in [0.1, 0.15) is 12.8 Å². The molecule has 1 aliphatic heterocycles. The van der Waals surface area contributed by atoms with Gasteiger partial charge in [0.1, 0.15) is 0 Å². The summed E-state index contributed by atoms with van der Waals surface area (Å²) in [5.41, 5.74) is 5.52. The van der Waals surface area contributed by atoms with Crippen LogP contribution < -0.4 is 11.1 Å². The van der Waals surface area contributed by atoms with Gasteiger partial charge in [-0.25, -0.2) is 0 Å². The van der Waals surface area contributed by atoms with E-state index in [1.807, 2.05) is 6.54 Å². The normalized spacial score (nSPS) is 33.0. The minimum atomic E-state index is 0.300. The zero-order valence-electron chi connectivity index (χ0n) is 4.35. The summed E-state index contributed by atoms with van der Waals surface area (Å²) in [7, 11) is 0. The van der Waals surface area contributed by atoms with Gasteiger partial charge in [0.2, 0.25) is 0 Å². The molecular formula is C5H11N2. The molecule has 1 aliphatic rings. The van der Waals surface area contributed by atoms with Gasteiger partial charge < -0.3 is 11.1 Å². The van der Waals surface area contributed by atoms with Crippen molar-refractivity contribution in [1.82, 2.24) is 5.32 Å². The molecule has 1 heterocycles. The first-order chi connectivity index (χ1) is 3.39.